The summed E-state index contributed by atoms with van der Waals surface area (Å²) in [5.41, 5.74) is 3.70. The molecule has 0 amide bonds. The van der Waals surface area contributed by atoms with E-state index in [-0.39, 0.29) is 6.42 Å². The Labute approximate surface area is 82.9 Å². The predicted molar refractivity (Wildman–Crippen MR) is 55.1 cm³/mol. The molecule has 14 heavy (non-hydrogen) atoms. The Bertz CT molecular complexity index is 391. The molecule has 1 aliphatic rings. The third-order valence-electron chi connectivity index (χ3n) is 2.47. The SMILES string of the molecule is O=C(O)CCc1ccc2c(c1)CC=C2. The molecule has 0 aromatic heterocycles. The molecule has 0 saturated carbocycles. The zero-order chi connectivity index (χ0) is 9.97. The molecular weight excluding hydrogens is 176 g/mol. The molecule has 2 rings (SSSR count). The van der Waals surface area contributed by atoms with Gasteiger partial charge in [0.2, 0.25) is 0 Å². The number of fused-ring (bicyclic) bond motifs is 1. The van der Waals surface area contributed by atoms with Crippen molar-refractivity contribution in [2.75, 3.05) is 0 Å². The van der Waals surface area contributed by atoms with Gasteiger partial charge in [-0.1, -0.05) is 30.4 Å². The van der Waals surface area contributed by atoms with Crippen LogP contribution in [-0.4, -0.2) is 11.1 Å². The molecule has 1 N–H and O–H groups in total. The second-order valence-electron chi connectivity index (χ2n) is 3.53. The minimum atomic E-state index is -0.733. The fourth-order valence-corrected chi connectivity index (χ4v) is 1.72. The van der Waals surface area contributed by atoms with E-state index in [1.165, 1.54) is 11.1 Å². The summed E-state index contributed by atoms with van der Waals surface area (Å²) in [7, 11) is 0. The van der Waals surface area contributed by atoms with Gasteiger partial charge in [-0.05, 0) is 29.5 Å². The number of hydrogen-bond acceptors (Lipinski definition) is 1. The standard InChI is InChI=1S/C12H12O2/c13-12(14)7-5-9-4-6-10-2-1-3-11(10)8-9/h1-2,4,6,8H,3,5,7H2,(H,13,14). The number of rotatable bonds is 3. The van der Waals surface area contributed by atoms with Gasteiger partial charge in [0.25, 0.3) is 0 Å². The Hall–Kier alpha value is -1.57. The number of carbonyl (C=O) groups is 1. The summed E-state index contributed by atoms with van der Waals surface area (Å²) in [5.74, 6) is -0.733. The van der Waals surface area contributed by atoms with E-state index in [9.17, 15) is 4.79 Å². The minimum absolute atomic E-state index is 0.214. The highest BCUT2D eigenvalue weighted by atomic mass is 16.4. The minimum Gasteiger partial charge on any atom is -0.481 e. The Balaban J connectivity index is 2.10. The van der Waals surface area contributed by atoms with E-state index in [0.29, 0.717) is 6.42 Å². The molecule has 0 aliphatic heterocycles. The first kappa shape index (κ1) is 9.00. The van der Waals surface area contributed by atoms with E-state index < -0.39 is 5.97 Å². The van der Waals surface area contributed by atoms with Gasteiger partial charge in [-0.15, -0.1) is 0 Å². The molecule has 0 atom stereocenters. The van der Waals surface area contributed by atoms with Crippen LogP contribution in [0.3, 0.4) is 0 Å². The van der Waals surface area contributed by atoms with Gasteiger partial charge in [-0.3, -0.25) is 4.79 Å². The number of carboxylic acids is 1. The first-order chi connectivity index (χ1) is 6.75. The topological polar surface area (TPSA) is 37.3 Å². The molecule has 72 valence electrons. The first-order valence-electron chi connectivity index (χ1n) is 4.76. The van der Waals surface area contributed by atoms with Crippen molar-refractivity contribution in [2.24, 2.45) is 0 Å². The van der Waals surface area contributed by atoms with Crippen molar-refractivity contribution in [2.45, 2.75) is 19.3 Å². The third-order valence-corrected chi connectivity index (χ3v) is 2.47. The number of carboxylic acid groups (broad SMARTS) is 1. The van der Waals surface area contributed by atoms with E-state index in [4.69, 9.17) is 5.11 Å². The number of allylic oxidation sites excluding steroid dienone is 1. The van der Waals surface area contributed by atoms with Gasteiger partial charge in [0, 0.05) is 6.42 Å². The van der Waals surface area contributed by atoms with Crippen LogP contribution >= 0.6 is 0 Å². The lowest BCUT2D eigenvalue weighted by Crippen LogP contribution is -1.98. The first-order valence-corrected chi connectivity index (χ1v) is 4.76. The molecule has 0 fully saturated rings. The summed E-state index contributed by atoms with van der Waals surface area (Å²) in [6.45, 7) is 0. The van der Waals surface area contributed by atoms with Gasteiger partial charge in [-0.2, -0.15) is 0 Å². The van der Waals surface area contributed by atoms with Crippen LogP contribution in [0.25, 0.3) is 6.08 Å². The Morgan fingerprint density at radius 3 is 3.07 bits per heavy atom. The Kier molecular flexibility index (Phi) is 2.35. The molecule has 0 heterocycles. The fraction of sp³-hybridized carbons (Fsp3) is 0.250. The van der Waals surface area contributed by atoms with Crippen LogP contribution in [0.5, 0.6) is 0 Å². The summed E-state index contributed by atoms with van der Waals surface area (Å²) in [6.07, 6.45) is 6.06. The van der Waals surface area contributed by atoms with Crippen LogP contribution in [0.1, 0.15) is 23.1 Å². The highest BCUT2D eigenvalue weighted by Crippen LogP contribution is 2.21. The van der Waals surface area contributed by atoms with Gasteiger partial charge < -0.3 is 5.11 Å². The molecule has 2 heteroatoms. The molecule has 1 aliphatic carbocycles. The zero-order valence-electron chi connectivity index (χ0n) is 7.86. The van der Waals surface area contributed by atoms with Crippen LogP contribution in [-0.2, 0) is 17.6 Å². The summed E-state index contributed by atoms with van der Waals surface area (Å²) in [4.78, 5) is 10.4. The highest BCUT2D eigenvalue weighted by Gasteiger charge is 2.06. The lowest BCUT2D eigenvalue weighted by molar-refractivity contribution is -0.136. The third kappa shape index (κ3) is 1.84. The van der Waals surface area contributed by atoms with Crippen LogP contribution in [0, 0.1) is 0 Å². The smallest absolute Gasteiger partial charge is 0.303 e. The number of hydrogen-bond donors (Lipinski definition) is 1. The second kappa shape index (κ2) is 3.66. The van der Waals surface area contributed by atoms with Crippen LogP contribution in [0.15, 0.2) is 24.3 Å². The molecule has 2 nitrogen and oxygen atoms in total. The summed E-state index contributed by atoms with van der Waals surface area (Å²) in [5, 5.41) is 8.56. The highest BCUT2D eigenvalue weighted by molar-refractivity contribution is 5.67. The van der Waals surface area contributed by atoms with Crippen molar-refractivity contribution < 1.29 is 9.90 Å². The van der Waals surface area contributed by atoms with E-state index in [1.54, 1.807) is 0 Å². The van der Waals surface area contributed by atoms with Gasteiger partial charge in [0.1, 0.15) is 0 Å². The average molecular weight is 188 g/mol. The molecule has 0 bridgehead atoms. The molecule has 0 spiro atoms. The summed E-state index contributed by atoms with van der Waals surface area (Å²) in [6, 6.07) is 6.19. The van der Waals surface area contributed by atoms with Gasteiger partial charge in [0.05, 0.1) is 0 Å². The van der Waals surface area contributed by atoms with Crippen LogP contribution in [0.2, 0.25) is 0 Å². The van der Waals surface area contributed by atoms with E-state index in [2.05, 4.69) is 24.3 Å². The molecule has 0 unspecified atom stereocenters. The predicted octanol–water partition coefficient (Wildman–Crippen LogP) is 2.27. The summed E-state index contributed by atoms with van der Waals surface area (Å²) >= 11 is 0. The van der Waals surface area contributed by atoms with Crippen molar-refractivity contribution in [3.05, 3.63) is 41.0 Å². The van der Waals surface area contributed by atoms with Crippen molar-refractivity contribution in [1.29, 1.82) is 0 Å². The van der Waals surface area contributed by atoms with Gasteiger partial charge >= 0.3 is 5.97 Å². The van der Waals surface area contributed by atoms with Gasteiger partial charge in [0.15, 0.2) is 0 Å². The molecule has 0 radical (unpaired) electrons. The molecule has 1 aromatic carbocycles. The zero-order valence-corrected chi connectivity index (χ0v) is 7.86. The normalized spacial score (nSPS) is 12.9. The van der Waals surface area contributed by atoms with E-state index in [0.717, 1.165) is 12.0 Å². The van der Waals surface area contributed by atoms with Crippen LogP contribution in [0.4, 0.5) is 0 Å². The largest absolute Gasteiger partial charge is 0.481 e. The maximum absolute atomic E-state index is 10.4. The van der Waals surface area contributed by atoms with Gasteiger partial charge in [-0.25, -0.2) is 0 Å². The molecular formula is C12H12O2. The maximum Gasteiger partial charge on any atom is 0.303 e. The van der Waals surface area contributed by atoms with E-state index >= 15 is 0 Å². The molecule has 1 aromatic rings. The number of benzene rings is 1. The van der Waals surface area contributed by atoms with Crippen molar-refractivity contribution in [1.82, 2.24) is 0 Å². The Morgan fingerprint density at radius 1 is 1.43 bits per heavy atom. The van der Waals surface area contributed by atoms with Crippen molar-refractivity contribution >= 4 is 12.0 Å². The van der Waals surface area contributed by atoms with Crippen molar-refractivity contribution in [3.8, 4) is 0 Å². The van der Waals surface area contributed by atoms with Crippen LogP contribution < -0.4 is 0 Å². The quantitative estimate of drug-likeness (QED) is 0.790. The lowest BCUT2D eigenvalue weighted by Gasteiger charge is -2.02. The molecule has 0 saturated heterocycles. The number of aliphatic carboxylic acids is 1. The maximum atomic E-state index is 10.4. The fourth-order valence-electron chi connectivity index (χ4n) is 1.72. The average Bonchev–Trinajstić information content (AvgIpc) is 2.61. The van der Waals surface area contributed by atoms with Crippen molar-refractivity contribution in [3.63, 3.8) is 0 Å². The van der Waals surface area contributed by atoms with E-state index in [1.807, 2.05) is 6.07 Å². The lowest BCUT2D eigenvalue weighted by atomic mass is 10.0. The number of aryl methyl sites for hydroxylation is 1. The second-order valence-corrected chi connectivity index (χ2v) is 3.53. The monoisotopic (exact) mass is 188 g/mol. The Morgan fingerprint density at radius 2 is 2.29 bits per heavy atom. The summed E-state index contributed by atoms with van der Waals surface area (Å²) < 4.78 is 0.